The summed E-state index contributed by atoms with van der Waals surface area (Å²) in [6.07, 6.45) is 0. The number of ether oxygens (including phenoxy) is 1. The van der Waals surface area contributed by atoms with E-state index < -0.39 is 0 Å². The van der Waals surface area contributed by atoms with Crippen LogP contribution in [0.25, 0.3) is 0 Å². The summed E-state index contributed by atoms with van der Waals surface area (Å²) in [7, 11) is 0. The molecule has 3 heteroatoms. The number of phenols is 1. The molecule has 0 saturated heterocycles. The monoisotopic (exact) mass is 272 g/mol. The molecular formula is C16H16O2S. The maximum absolute atomic E-state index is 9.56. The minimum Gasteiger partial charge on any atom is -0.508 e. The van der Waals surface area contributed by atoms with E-state index in [2.05, 4.69) is 24.3 Å². The van der Waals surface area contributed by atoms with Crippen molar-refractivity contribution in [1.82, 2.24) is 0 Å². The molecule has 19 heavy (non-hydrogen) atoms. The first-order chi connectivity index (χ1) is 9.22. The van der Waals surface area contributed by atoms with E-state index in [0.717, 1.165) is 17.1 Å². The smallest absolute Gasteiger partial charge is 0.123 e. The van der Waals surface area contributed by atoms with Gasteiger partial charge in [-0.3, -0.25) is 0 Å². The lowest BCUT2D eigenvalue weighted by atomic mass is 10.0. The highest BCUT2D eigenvalue weighted by atomic mass is 32.2. The molecule has 0 bridgehead atoms. The van der Waals surface area contributed by atoms with Gasteiger partial charge in [-0.15, -0.1) is 11.8 Å². The Kier molecular flexibility index (Phi) is 3.38. The zero-order valence-electron chi connectivity index (χ0n) is 10.8. The van der Waals surface area contributed by atoms with Crippen LogP contribution in [-0.4, -0.2) is 17.5 Å². The molecule has 2 aromatic rings. The lowest BCUT2D eigenvalue weighted by molar-refractivity contribution is 0.296. The van der Waals surface area contributed by atoms with E-state index >= 15 is 0 Å². The summed E-state index contributed by atoms with van der Waals surface area (Å²) >= 11 is 1.89. The highest BCUT2D eigenvalue weighted by Gasteiger charge is 2.23. The summed E-state index contributed by atoms with van der Waals surface area (Å²) in [5.41, 5.74) is 2.39. The van der Waals surface area contributed by atoms with E-state index in [1.807, 2.05) is 24.8 Å². The van der Waals surface area contributed by atoms with Gasteiger partial charge in [0, 0.05) is 22.6 Å². The Morgan fingerprint density at radius 1 is 1.26 bits per heavy atom. The van der Waals surface area contributed by atoms with Gasteiger partial charge in [0.1, 0.15) is 11.5 Å². The van der Waals surface area contributed by atoms with Crippen molar-refractivity contribution in [2.45, 2.75) is 17.7 Å². The van der Waals surface area contributed by atoms with Crippen LogP contribution in [0.3, 0.4) is 0 Å². The molecule has 1 N–H and O–H groups in total. The molecule has 0 spiro atoms. The molecule has 0 saturated carbocycles. The van der Waals surface area contributed by atoms with Crippen molar-refractivity contribution >= 4 is 11.8 Å². The quantitative estimate of drug-likeness (QED) is 0.916. The summed E-state index contributed by atoms with van der Waals surface area (Å²) in [5.74, 6) is 2.50. The van der Waals surface area contributed by atoms with Crippen LogP contribution < -0.4 is 4.74 Å². The molecule has 0 amide bonds. The maximum atomic E-state index is 9.56. The van der Waals surface area contributed by atoms with Crippen LogP contribution in [0.15, 0.2) is 47.4 Å². The third-order valence-corrected chi connectivity index (χ3v) is 4.54. The standard InChI is InChI=1S/C16H16O2S/c1-11-6-13(17)8-14(7-11)18-9-12-10-19-16-5-3-2-4-15(12)16/h2-8,12,17H,9-10H2,1H3. The molecule has 0 radical (unpaired) electrons. The Labute approximate surface area is 117 Å². The Bertz CT molecular complexity index is 575. The number of phenolic OH excluding ortho intramolecular Hbond substituents is 1. The Morgan fingerprint density at radius 2 is 2.11 bits per heavy atom. The molecule has 1 unspecified atom stereocenters. The summed E-state index contributed by atoms with van der Waals surface area (Å²) in [4.78, 5) is 1.36. The zero-order chi connectivity index (χ0) is 13.2. The number of aromatic hydroxyl groups is 1. The van der Waals surface area contributed by atoms with E-state index in [1.165, 1.54) is 10.5 Å². The average molecular weight is 272 g/mol. The van der Waals surface area contributed by atoms with E-state index in [4.69, 9.17) is 4.74 Å². The van der Waals surface area contributed by atoms with Gasteiger partial charge in [-0.2, -0.15) is 0 Å². The van der Waals surface area contributed by atoms with Gasteiger partial charge in [-0.1, -0.05) is 18.2 Å². The third kappa shape index (κ3) is 2.71. The normalized spacial score (nSPS) is 17.2. The SMILES string of the molecule is Cc1cc(O)cc(OCC2CSc3ccccc32)c1. The second-order valence-corrected chi connectivity index (χ2v) is 5.92. The van der Waals surface area contributed by atoms with Gasteiger partial charge in [-0.25, -0.2) is 0 Å². The molecular weight excluding hydrogens is 256 g/mol. The molecule has 1 heterocycles. The number of rotatable bonds is 3. The fourth-order valence-corrected chi connectivity index (χ4v) is 3.61. The van der Waals surface area contributed by atoms with Crippen LogP contribution in [0.5, 0.6) is 11.5 Å². The number of hydrogen-bond acceptors (Lipinski definition) is 3. The van der Waals surface area contributed by atoms with Crippen LogP contribution in [-0.2, 0) is 0 Å². The van der Waals surface area contributed by atoms with Crippen LogP contribution in [0.2, 0.25) is 0 Å². The predicted octanol–water partition coefficient (Wildman–Crippen LogP) is 3.97. The van der Waals surface area contributed by atoms with Crippen LogP contribution >= 0.6 is 11.8 Å². The van der Waals surface area contributed by atoms with Crippen LogP contribution in [0.4, 0.5) is 0 Å². The largest absolute Gasteiger partial charge is 0.508 e. The Balaban J connectivity index is 1.70. The molecule has 3 rings (SSSR count). The molecule has 0 aliphatic carbocycles. The molecule has 0 aromatic heterocycles. The topological polar surface area (TPSA) is 29.5 Å². The van der Waals surface area contributed by atoms with Gasteiger partial charge in [-0.05, 0) is 36.2 Å². The van der Waals surface area contributed by atoms with E-state index in [1.54, 1.807) is 12.1 Å². The van der Waals surface area contributed by atoms with E-state index in [9.17, 15) is 5.11 Å². The van der Waals surface area contributed by atoms with Gasteiger partial charge in [0.15, 0.2) is 0 Å². The second kappa shape index (κ2) is 5.17. The fraction of sp³-hybridized carbons (Fsp3) is 0.250. The first-order valence-corrected chi connectivity index (χ1v) is 7.36. The van der Waals surface area contributed by atoms with Gasteiger partial charge in [0.05, 0.1) is 6.61 Å². The lowest BCUT2D eigenvalue weighted by Gasteiger charge is -2.13. The predicted molar refractivity (Wildman–Crippen MR) is 78.2 cm³/mol. The summed E-state index contributed by atoms with van der Waals surface area (Å²) in [6, 6.07) is 13.8. The van der Waals surface area contributed by atoms with Crippen molar-refractivity contribution in [1.29, 1.82) is 0 Å². The van der Waals surface area contributed by atoms with Crippen molar-refractivity contribution in [3.8, 4) is 11.5 Å². The van der Waals surface area contributed by atoms with Gasteiger partial charge in [0.25, 0.3) is 0 Å². The summed E-state index contributed by atoms with van der Waals surface area (Å²) in [5, 5.41) is 9.56. The summed E-state index contributed by atoms with van der Waals surface area (Å²) < 4.78 is 5.84. The first kappa shape index (κ1) is 12.4. The number of thioether (sulfide) groups is 1. The van der Waals surface area contributed by atoms with Gasteiger partial charge < -0.3 is 9.84 Å². The van der Waals surface area contributed by atoms with E-state index in [-0.39, 0.29) is 5.75 Å². The van der Waals surface area contributed by atoms with E-state index in [0.29, 0.717) is 12.5 Å². The Morgan fingerprint density at radius 3 is 2.95 bits per heavy atom. The Hall–Kier alpha value is -1.61. The molecule has 1 aliphatic rings. The minimum atomic E-state index is 0.260. The number of fused-ring (bicyclic) bond motifs is 1. The number of hydrogen-bond donors (Lipinski definition) is 1. The molecule has 0 fully saturated rings. The van der Waals surface area contributed by atoms with Crippen molar-refractivity contribution in [2.75, 3.05) is 12.4 Å². The summed E-state index contributed by atoms with van der Waals surface area (Å²) in [6.45, 7) is 2.61. The zero-order valence-corrected chi connectivity index (χ0v) is 11.6. The molecule has 2 nitrogen and oxygen atoms in total. The highest BCUT2D eigenvalue weighted by Crippen LogP contribution is 2.39. The van der Waals surface area contributed by atoms with Gasteiger partial charge >= 0.3 is 0 Å². The first-order valence-electron chi connectivity index (χ1n) is 6.37. The fourth-order valence-electron chi connectivity index (χ4n) is 2.38. The van der Waals surface area contributed by atoms with Crippen molar-refractivity contribution < 1.29 is 9.84 Å². The minimum absolute atomic E-state index is 0.260. The van der Waals surface area contributed by atoms with Crippen LogP contribution in [0.1, 0.15) is 17.0 Å². The molecule has 1 aliphatic heterocycles. The molecule has 2 aromatic carbocycles. The molecule has 98 valence electrons. The lowest BCUT2D eigenvalue weighted by Crippen LogP contribution is -2.09. The third-order valence-electron chi connectivity index (χ3n) is 3.29. The number of aryl methyl sites for hydroxylation is 1. The van der Waals surface area contributed by atoms with Crippen molar-refractivity contribution in [3.63, 3.8) is 0 Å². The van der Waals surface area contributed by atoms with Gasteiger partial charge in [0.2, 0.25) is 0 Å². The van der Waals surface area contributed by atoms with Crippen LogP contribution in [0, 0.1) is 6.92 Å². The average Bonchev–Trinajstić information content (AvgIpc) is 2.78. The second-order valence-electron chi connectivity index (χ2n) is 4.86. The number of benzene rings is 2. The highest BCUT2D eigenvalue weighted by molar-refractivity contribution is 7.99. The maximum Gasteiger partial charge on any atom is 0.123 e. The molecule has 1 atom stereocenters. The van der Waals surface area contributed by atoms with Crippen molar-refractivity contribution in [2.24, 2.45) is 0 Å². The van der Waals surface area contributed by atoms with Crippen molar-refractivity contribution in [3.05, 3.63) is 53.6 Å².